The van der Waals surface area contributed by atoms with E-state index in [1.165, 1.54) is 0 Å². The molecule has 0 aliphatic carbocycles. The Morgan fingerprint density at radius 1 is 1.32 bits per heavy atom. The van der Waals surface area contributed by atoms with Crippen LogP contribution >= 0.6 is 0 Å². The maximum atomic E-state index is 12.2. The van der Waals surface area contributed by atoms with Crippen molar-refractivity contribution in [3.05, 3.63) is 51.2 Å². The zero-order valence-corrected chi connectivity index (χ0v) is 14.5. The summed E-state index contributed by atoms with van der Waals surface area (Å²) >= 11 is 0. The van der Waals surface area contributed by atoms with Crippen molar-refractivity contribution >= 4 is 5.91 Å². The summed E-state index contributed by atoms with van der Waals surface area (Å²) in [5, 5.41) is 2.94. The molecule has 1 aromatic carbocycles. The van der Waals surface area contributed by atoms with Gasteiger partial charge in [0.2, 0.25) is 12.7 Å². The number of benzene rings is 1. The Hall–Kier alpha value is -2.83. The van der Waals surface area contributed by atoms with E-state index in [4.69, 9.17) is 9.47 Å². The molecule has 7 heteroatoms. The molecule has 1 aliphatic rings. The van der Waals surface area contributed by atoms with Crippen molar-refractivity contribution < 1.29 is 14.3 Å². The van der Waals surface area contributed by atoms with E-state index in [-0.39, 0.29) is 30.7 Å². The number of aromatic nitrogens is 2. The molecule has 2 N–H and O–H groups in total. The quantitative estimate of drug-likeness (QED) is 0.865. The monoisotopic (exact) mass is 343 g/mol. The van der Waals surface area contributed by atoms with Gasteiger partial charge in [-0.2, -0.15) is 0 Å². The van der Waals surface area contributed by atoms with E-state index in [1.807, 2.05) is 25.1 Å². The predicted molar refractivity (Wildman–Crippen MR) is 91.8 cm³/mol. The minimum Gasteiger partial charge on any atom is -0.454 e. The second-order valence-corrected chi connectivity index (χ2v) is 6.12. The van der Waals surface area contributed by atoms with Gasteiger partial charge in [-0.05, 0) is 44.9 Å². The van der Waals surface area contributed by atoms with Crippen LogP contribution in [0.5, 0.6) is 11.5 Å². The van der Waals surface area contributed by atoms with Gasteiger partial charge in [0.1, 0.15) is 5.82 Å². The SMILES string of the molecule is Cc1nc(C)c(CCC(=O)NC(C)c2ccc3c(c2)OCO3)c(=O)[nH]1. The minimum atomic E-state index is -0.179. The fraction of sp³-hybridized carbons (Fsp3) is 0.389. The topological polar surface area (TPSA) is 93.3 Å². The number of ether oxygens (including phenoxy) is 2. The highest BCUT2D eigenvalue weighted by Crippen LogP contribution is 2.34. The molecule has 2 aromatic rings. The fourth-order valence-corrected chi connectivity index (χ4v) is 2.86. The Labute approximate surface area is 145 Å². The number of hydrogen-bond acceptors (Lipinski definition) is 5. The van der Waals surface area contributed by atoms with E-state index in [0.717, 1.165) is 5.56 Å². The van der Waals surface area contributed by atoms with Gasteiger partial charge in [0, 0.05) is 17.7 Å². The summed E-state index contributed by atoms with van der Waals surface area (Å²) in [7, 11) is 0. The molecule has 1 aliphatic heterocycles. The second-order valence-electron chi connectivity index (χ2n) is 6.12. The summed E-state index contributed by atoms with van der Waals surface area (Å²) in [6, 6.07) is 5.43. The number of nitrogens with one attached hydrogen (secondary N) is 2. The first-order chi connectivity index (χ1) is 11.9. The molecule has 7 nitrogen and oxygen atoms in total. The van der Waals surface area contributed by atoms with Crippen molar-refractivity contribution in [2.75, 3.05) is 6.79 Å². The standard InChI is InChI=1S/C18H21N3O4/c1-10(13-4-6-15-16(8-13)25-9-24-15)20-17(22)7-5-14-11(2)19-12(3)21-18(14)23/h4,6,8,10H,5,7,9H2,1-3H3,(H,20,22)(H,19,21,23). The number of hydrogen-bond donors (Lipinski definition) is 2. The van der Waals surface area contributed by atoms with Crippen molar-refractivity contribution in [2.45, 2.75) is 39.7 Å². The summed E-state index contributed by atoms with van der Waals surface area (Å²) in [4.78, 5) is 31.1. The van der Waals surface area contributed by atoms with E-state index in [2.05, 4.69) is 15.3 Å². The molecule has 0 spiro atoms. The fourth-order valence-electron chi connectivity index (χ4n) is 2.86. The highest BCUT2D eigenvalue weighted by atomic mass is 16.7. The number of carbonyl (C=O) groups excluding carboxylic acids is 1. The van der Waals surface area contributed by atoms with Crippen LogP contribution < -0.4 is 20.3 Å². The molecule has 0 bridgehead atoms. The minimum absolute atomic E-state index is 0.121. The third kappa shape index (κ3) is 3.81. The number of aryl methyl sites for hydroxylation is 2. The van der Waals surface area contributed by atoms with Crippen molar-refractivity contribution in [3.63, 3.8) is 0 Å². The summed E-state index contributed by atoms with van der Waals surface area (Å²) in [6.07, 6.45) is 0.581. The molecule has 0 radical (unpaired) electrons. The van der Waals surface area contributed by atoms with E-state index < -0.39 is 0 Å². The molecule has 1 unspecified atom stereocenters. The molecule has 2 heterocycles. The smallest absolute Gasteiger partial charge is 0.254 e. The van der Waals surface area contributed by atoms with Crippen LogP contribution in [0.2, 0.25) is 0 Å². The van der Waals surface area contributed by atoms with Crippen LogP contribution in [0.15, 0.2) is 23.0 Å². The Kier molecular flexibility index (Phi) is 4.74. The van der Waals surface area contributed by atoms with Gasteiger partial charge in [-0.3, -0.25) is 9.59 Å². The van der Waals surface area contributed by atoms with Gasteiger partial charge in [-0.1, -0.05) is 6.07 Å². The second kappa shape index (κ2) is 6.96. The highest BCUT2D eigenvalue weighted by molar-refractivity contribution is 5.76. The van der Waals surface area contributed by atoms with Crippen LogP contribution in [0, 0.1) is 13.8 Å². The molecule has 1 aromatic heterocycles. The summed E-state index contributed by atoms with van der Waals surface area (Å²) < 4.78 is 10.6. The molecule has 0 saturated carbocycles. The first kappa shape index (κ1) is 17.0. The van der Waals surface area contributed by atoms with Gasteiger partial charge in [-0.15, -0.1) is 0 Å². The summed E-state index contributed by atoms with van der Waals surface area (Å²) in [6.45, 7) is 5.64. The third-order valence-corrected chi connectivity index (χ3v) is 4.22. The number of carbonyl (C=O) groups is 1. The molecular formula is C18H21N3O4. The largest absolute Gasteiger partial charge is 0.454 e. The Bertz CT molecular complexity index is 860. The van der Waals surface area contributed by atoms with E-state index >= 15 is 0 Å². The van der Waals surface area contributed by atoms with Gasteiger partial charge in [-0.25, -0.2) is 4.98 Å². The molecule has 0 saturated heterocycles. The first-order valence-corrected chi connectivity index (χ1v) is 8.19. The molecule has 25 heavy (non-hydrogen) atoms. The van der Waals surface area contributed by atoms with Gasteiger partial charge in [0.05, 0.1) is 6.04 Å². The van der Waals surface area contributed by atoms with Crippen LogP contribution in [0.3, 0.4) is 0 Å². The first-order valence-electron chi connectivity index (χ1n) is 8.19. The third-order valence-electron chi connectivity index (χ3n) is 4.22. The lowest BCUT2D eigenvalue weighted by atomic mass is 10.1. The normalized spacial score (nSPS) is 13.6. The molecule has 1 atom stereocenters. The van der Waals surface area contributed by atoms with Crippen LogP contribution in [0.4, 0.5) is 0 Å². The lowest BCUT2D eigenvalue weighted by Crippen LogP contribution is -2.28. The Balaban J connectivity index is 1.60. The van der Waals surface area contributed by atoms with Gasteiger partial charge in [0.25, 0.3) is 5.56 Å². The summed E-state index contributed by atoms with van der Waals surface area (Å²) in [5.74, 6) is 1.85. The maximum Gasteiger partial charge on any atom is 0.254 e. The van der Waals surface area contributed by atoms with E-state index in [9.17, 15) is 9.59 Å². The lowest BCUT2D eigenvalue weighted by Gasteiger charge is -2.15. The molecule has 1 amide bonds. The maximum absolute atomic E-state index is 12.2. The Morgan fingerprint density at radius 3 is 2.84 bits per heavy atom. The zero-order valence-electron chi connectivity index (χ0n) is 14.5. The van der Waals surface area contributed by atoms with Crippen LogP contribution in [-0.4, -0.2) is 22.7 Å². The number of rotatable bonds is 5. The number of H-pyrrole nitrogens is 1. The van der Waals surface area contributed by atoms with E-state index in [1.54, 1.807) is 13.8 Å². The van der Waals surface area contributed by atoms with Gasteiger partial charge < -0.3 is 19.8 Å². The summed E-state index contributed by atoms with van der Waals surface area (Å²) in [5.41, 5.74) is 1.97. The van der Waals surface area contributed by atoms with E-state index in [0.29, 0.717) is 35.0 Å². The van der Waals surface area contributed by atoms with Crippen molar-refractivity contribution in [1.82, 2.24) is 15.3 Å². The average Bonchev–Trinajstić information content (AvgIpc) is 3.01. The molecule has 3 rings (SSSR count). The molecule has 132 valence electrons. The Morgan fingerprint density at radius 2 is 2.08 bits per heavy atom. The van der Waals surface area contributed by atoms with Crippen LogP contribution in [0.25, 0.3) is 0 Å². The van der Waals surface area contributed by atoms with Gasteiger partial charge in [0.15, 0.2) is 11.5 Å². The van der Waals surface area contributed by atoms with Crippen molar-refractivity contribution in [3.8, 4) is 11.5 Å². The van der Waals surface area contributed by atoms with Crippen molar-refractivity contribution in [1.29, 1.82) is 0 Å². The number of aromatic amines is 1. The van der Waals surface area contributed by atoms with Gasteiger partial charge >= 0.3 is 0 Å². The predicted octanol–water partition coefficient (Wildman–Crippen LogP) is 1.93. The average molecular weight is 343 g/mol. The van der Waals surface area contributed by atoms with Crippen LogP contribution in [0.1, 0.15) is 42.0 Å². The lowest BCUT2D eigenvalue weighted by molar-refractivity contribution is -0.121. The zero-order chi connectivity index (χ0) is 18.0. The molecule has 0 fully saturated rings. The highest BCUT2D eigenvalue weighted by Gasteiger charge is 2.17. The molecular weight excluding hydrogens is 322 g/mol. The van der Waals surface area contributed by atoms with Crippen LogP contribution in [-0.2, 0) is 11.2 Å². The van der Waals surface area contributed by atoms with Crippen molar-refractivity contribution in [2.24, 2.45) is 0 Å². The number of amides is 1. The number of nitrogens with zero attached hydrogens (tertiary/aromatic N) is 1. The number of fused-ring (bicyclic) bond motifs is 1.